The molecule has 5 rings (SSSR count). The molecule has 0 N–H and O–H groups in total. The number of nitro groups is 1. The van der Waals surface area contributed by atoms with E-state index in [-0.39, 0.29) is 17.3 Å². The van der Waals surface area contributed by atoms with Gasteiger partial charge in [0.15, 0.2) is 5.76 Å². The zero-order chi connectivity index (χ0) is 26.5. The summed E-state index contributed by atoms with van der Waals surface area (Å²) in [5.41, 5.74) is 1.10. The number of fused-ring (bicyclic) bond motifs is 1. The predicted molar refractivity (Wildman–Crippen MR) is 141 cm³/mol. The quantitative estimate of drug-likeness (QED) is 0.0753. The summed E-state index contributed by atoms with van der Waals surface area (Å²) in [5, 5.41) is 15.5. The maximum atomic E-state index is 13.2. The minimum Gasteiger partial charge on any atom is -0.461 e. The number of esters is 1. The summed E-state index contributed by atoms with van der Waals surface area (Å²) >= 11 is 0. The summed E-state index contributed by atoms with van der Waals surface area (Å²) in [6.45, 7) is 0. The number of aromatic nitrogens is 2. The fraction of sp³-hybridized carbons (Fsp3) is 0. The maximum absolute atomic E-state index is 13.2. The number of carbonyl (C=O) groups excluding carboxylic acids is 1. The molecule has 0 aliphatic rings. The summed E-state index contributed by atoms with van der Waals surface area (Å²) in [6, 6.07) is 22.7. The van der Waals surface area contributed by atoms with Crippen molar-refractivity contribution >= 4 is 34.9 Å². The van der Waals surface area contributed by atoms with Crippen LogP contribution in [0.15, 0.2) is 112 Å². The van der Waals surface area contributed by atoms with Crippen LogP contribution in [0.4, 0.5) is 5.69 Å². The maximum Gasteiger partial charge on any atom is 0.336 e. The lowest BCUT2D eigenvalue weighted by molar-refractivity contribution is -0.384. The summed E-state index contributed by atoms with van der Waals surface area (Å²) in [7, 11) is 0. The number of hydrogen-bond donors (Lipinski definition) is 0. The summed E-state index contributed by atoms with van der Waals surface area (Å²) in [4.78, 5) is 40.5. The van der Waals surface area contributed by atoms with Gasteiger partial charge in [0.2, 0.25) is 5.82 Å². The molecule has 5 aromatic rings. The Balaban J connectivity index is 1.42. The van der Waals surface area contributed by atoms with Crippen LogP contribution < -0.4 is 10.3 Å². The molecule has 0 bridgehead atoms. The van der Waals surface area contributed by atoms with Gasteiger partial charge in [0.05, 0.1) is 28.3 Å². The molecule has 0 unspecified atom stereocenters. The first-order valence-corrected chi connectivity index (χ1v) is 11.3. The first kappa shape index (κ1) is 24.1. The van der Waals surface area contributed by atoms with Gasteiger partial charge in [-0.05, 0) is 60.2 Å². The average molecular weight is 506 g/mol. The van der Waals surface area contributed by atoms with Gasteiger partial charge in [0, 0.05) is 23.8 Å². The second-order valence-corrected chi connectivity index (χ2v) is 7.93. The highest BCUT2D eigenvalue weighted by atomic mass is 16.6. The first-order chi connectivity index (χ1) is 18.5. The Morgan fingerprint density at radius 3 is 2.53 bits per heavy atom. The van der Waals surface area contributed by atoms with Crippen molar-refractivity contribution in [2.24, 2.45) is 5.10 Å². The zero-order valence-electron chi connectivity index (χ0n) is 19.6. The number of carbonyl (C=O) groups is 1. The molecular weight excluding hydrogens is 488 g/mol. The Bertz CT molecular complexity index is 1750. The molecule has 38 heavy (non-hydrogen) atoms. The number of hydrogen-bond acceptors (Lipinski definition) is 8. The third kappa shape index (κ3) is 5.14. The van der Waals surface area contributed by atoms with E-state index in [1.807, 2.05) is 0 Å². The van der Waals surface area contributed by atoms with E-state index in [0.29, 0.717) is 27.8 Å². The first-order valence-electron chi connectivity index (χ1n) is 11.3. The molecule has 0 atom stereocenters. The average Bonchev–Trinajstić information content (AvgIpc) is 3.47. The van der Waals surface area contributed by atoms with Crippen LogP contribution in [0, 0.1) is 10.1 Å². The van der Waals surface area contributed by atoms with Crippen molar-refractivity contribution in [1.29, 1.82) is 0 Å². The molecule has 0 aliphatic heterocycles. The predicted octanol–water partition coefficient (Wildman–Crippen LogP) is 5.07. The van der Waals surface area contributed by atoms with Crippen LogP contribution in [0.5, 0.6) is 5.75 Å². The lowest BCUT2D eigenvalue weighted by atomic mass is 10.2. The number of non-ortho nitro benzene ring substituents is 1. The van der Waals surface area contributed by atoms with Crippen molar-refractivity contribution in [3.63, 3.8) is 0 Å². The van der Waals surface area contributed by atoms with Crippen LogP contribution in [0.2, 0.25) is 0 Å². The lowest BCUT2D eigenvalue weighted by Crippen LogP contribution is -2.20. The Kier molecular flexibility index (Phi) is 6.68. The second kappa shape index (κ2) is 10.5. The molecule has 0 spiro atoms. The Hall–Kier alpha value is -5.64. The van der Waals surface area contributed by atoms with E-state index in [1.54, 1.807) is 60.7 Å². The molecule has 0 radical (unpaired) electrons. The summed E-state index contributed by atoms with van der Waals surface area (Å²) in [6.07, 6.45) is 5.57. The molecule has 2 aromatic heterocycles. The van der Waals surface area contributed by atoms with Gasteiger partial charge in [-0.1, -0.05) is 24.3 Å². The van der Waals surface area contributed by atoms with E-state index in [2.05, 4.69) is 10.1 Å². The Labute approximate surface area is 214 Å². The smallest absolute Gasteiger partial charge is 0.336 e. The van der Waals surface area contributed by atoms with Crippen LogP contribution in [0.3, 0.4) is 0 Å². The van der Waals surface area contributed by atoms with Gasteiger partial charge in [0.1, 0.15) is 5.75 Å². The van der Waals surface area contributed by atoms with Crippen LogP contribution in [-0.2, 0) is 4.79 Å². The lowest BCUT2D eigenvalue weighted by Gasteiger charge is -2.08. The van der Waals surface area contributed by atoms with Gasteiger partial charge in [-0.25, -0.2) is 9.78 Å². The molecule has 0 saturated carbocycles. The van der Waals surface area contributed by atoms with E-state index in [9.17, 15) is 19.7 Å². The third-order valence-corrected chi connectivity index (χ3v) is 5.45. The molecular formula is C28H18N4O6. The SMILES string of the molecule is O=C(/C=C/c1ccc([N+](=O)[O-])cc1)Oc1ccccc1C=Nn1c(-c2ccco2)nc2ccccc2c1=O. The normalized spacial score (nSPS) is 11.4. The van der Waals surface area contributed by atoms with Crippen LogP contribution in [0.1, 0.15) is 11.1 Å². The number of nitrogens with zero attached hydrogens (tertiary/aromatic N) is 4. The summed E-state index contributed by atoms with van der Waals surface area (Å²) in [5.74, 6) is 0.137. The van der Waals surface area contributed by atoms with Crippen molar-refractivity contribution in [2.45, 2.75) is 0 Å². The molecule has 0 fully saturated rings. The fourth-order valence-electron chi connectivity index (χ4n) is 3.61. The number of rotatable bonds is 7. The number of furan rings is 1. The van der Waals surface area contributed by atoms with Crippen molar-refractivity contribution in [1.82, 2.24) is 9.66 Å². The molecule has 0 saturated heterocycles. The van der Waals surface area contributed by atoms with Crippen LogP contribution in [-0.4, -0.2) is 26.8 Å². The van der Waals surface area contributed by atoms with Crippen molar-refractivity contribution in [2.75, 3.05) is 0 Å². The Morgan fingerprint density at radius 2 is 1.76 bits per heavy atom. The molecule has 2 heterocycles. The van der Waals surface area contributed by atoms with Crippen molar-refractivity contribution < 1.29 is 18.9 Å². The van der Waals surface area contributed by atoms with Gasteiger partial charge in [-0.2, -0.15) is 9.78 Å². The van der Waals surface area contributed by atoms with Gasteiger partial charge in [-0.15, -0.1) is 0 Å². The van der Waals surface area contributed by atoms with Crippen LogP contribution >= 0.6 is 0 Å². The van der Waals surface area contributed by atoms with Crippen molar-refractivity contribution in [3.8, 4) is 17.3 Å². The van der Waals surface area contributed by atoms with E-state index < -0.39 is 16.5 Å². The molecule has 10 heteroatoms. The van der Waals surface area contributed by atoms with Gasteiger partial charge in [0.25, 0.3) is 11.2 Å². The largest absolute Gasteiger partial charge is 0.461 e. The van der Waals surface area contributed by atoms with E-state index in [0.717, 1.165) is 4.68 Å². The Morgan fingerprint density at radius 1 is 1.00 bits per heavy atom. The fourth-order valence-corrected chi connectivity index (χ4v) is 3.61. The van der Waals surface area contributed by atoms with Gasteiger partial charge in [-0.3, -0.25) is 14.9 Å². The second-order valence-electron chi connectivity index (χ2n) is 7.93. The standard InChI is InChI=1S/C28H18N4O6/c33-26(16-13-19-11-14-21(15-12-19)32(35)36)38-24-9-4-1-6-20(24)18-29-31-27(25-10-5-17-37-25)30-23-8-3-2-7-22(23)28(31)34/h1-18H/b16-13+,29-18?. The molecule has 0 amide bonds. The van der Waals surface area contributed by atoms with Crippen molar-refractivity contribution in [3.05, 3.63) is 129 Å². The number of benzene rings is 3. The van der Waals surface area contributed by atoms with E-state index in [4.69, 9.17) is 9.15 Å². The highest BCUT2D eigenvalue weighted by molar-refractivity contribution is 5.91. The highest BCUT2D eigenvalue weighted by Gasteiger charge is 2.14. The van der Waals surface area contributed by atoms with Crippen LogP contribution in [0.25, 0.3) is 28.6 Å². The molecule has 3 aromatic carbocycles. The molecule has 0 aliphatic carbocycles. The molecule has 186 valence electrons. The number of ether oxygens (including phenoxy) is 1. The van der Waals surface area contributed by atoms with E-state index in [1.165, 1.54) is 48.9 Å². The molecule has 10 nitrogen and oxygen atoms in total. The number of para-hydroxylation sites is 2. The minimum absolute atomic E-state index is 0.0473. The third-order valence-electron chi connectivity index (χ3n) is 5.45. The van der Waals surface area contributed by atoms with Gasteiger partial charge >= 0.3 is 5.97 Å². The van der Waals surface area contributed by atoms with Gasteiger partial charge < -0.3 is 9.15 Å². The number of nitro benzene ring substituents is 1. The topological polar surface area (TPSA) is 130 Å². The summed E-state index contributed by atoms with van der Waals surface area (Å²) < 4.78 is 12.1. The minimum atomic E-state index is -0.662. The zero-order valence-corrected chi connectivity index (χ0v) is 19.6. The highest BCUT2D eigenvalue weighted by Crippen LogP contribution is 2.21. The van der Waals surface area contributed by atoms with E-state index >= 15 is 0 Å². The monoisotopic (exact) mass is 506 g/mol.